The summed E-state index contributed by atoms with van der Waals surface area (Å²) in [6.07, 6.45) is 5.17. The predicted octanol–water partition coefficient (Wildman–Crippen LogP) is 3.14. The van der Waals surface area contributed by atoms with E-state index in [-0.39, 0.29) is 11.3 Å². The van der Waals surface area contributed by atoms with Gasteiger partial charge < -0.3 is 14.8 Å². The highest BCUT2D eigenvalue weighted by Crippen LogP contribution is 2.34. The van der Waals surface area contributed by atoms with E-state index in [1.807, 2.05) is 30.7 Å². The van der Waals surface area contributed by atoms with Crippen LogP contribution in [0.4, 0.5) is 5.69 Å². The third-order valence-electron chi connectivity index (χ3n) is 5.40. The molecule has 0 aliphatic carbocycles. The van der Waals surface area contributed by atoms with Gasteiger partial charge in [0, 0.05) is 49.0 Å². The molecule has 6 nitrogen and oxygen atoms in total. The van der Waals surface area contributed by atoms with Crippen LogP contribution in [0.5, 0.6) is 0 Å². The smallest absolute Gasteiger partial charge is 0.226 e. The van der Waals surface area contributed by atoms with Crippen molar-refractivity contribution in [2.24, 2.45) is 5.41 Å². The standard InChI is InChI=1S/C20H24ClN5O/c1-15-23-7-11-25(15)12-8-24-19(27)20(2)5-9-26(10-6-20)18-4-3-17(21)13-16(18)14-22/h3-4,7,11,13H,5-6,8-10,12H2,1-2H3,(H,24,27). The maximum absolute atomic E-state index is 12.7. The van der Waals surface area contributed by atoms with Gasteiger partial charge in [-0.2, -0.15) is 5.26 Å². The number of nitrogens with zero attached hydrogens (tertiary/aromatic N) is 4. The van der Waals surface area contributed by atoms with Crippen LogP contribution in [0.15, 0.2) is 30.6 Å². The molecule has 1 N–H and O–H groups in total. The van der Waals surface area contributed by atoms with Crippen LogP contribution in [0, 0.1) is 23.7 Å². The Balaban J connectivity index is 1.56. The molecule has 1 fully saturated rings. The highest BCUT2D eigenvalue weighted by atomic mass is 35.5. The van der Waals surface area contributed by atoms with Crippen LogP contribution in [0.25, 0.3) is 0 Å². The summed E-state index contributed by atoms with van der Waals surface area (Å²) in [5.74, 6) is 1.04. The number of imidazole rings is 1. The Bertz CT molecular complexity index is 861. The zero-order valence-corrected chi connectivity index (χ0v) is 16.5. The van der Waals surface area contributed by atoms with Crippen LogP contribution in [0.2, 0.25) is 5.02 Å². The van der Waals surface area contributed by atoms with Crippen molar-refractivity contribution >= 4 is 23.2 Å². The van der Waals surface area contributed by atoms with Gasteiger partial charge in [-0.15, -0.1) is 0 Å². The Labute approximate surface area is 164 Å². The van der Waals surface area contributed by atoms with Crippen molar-refractivity contribution in [2.75, 3.05) is 24.5 Å². The summed E-state index contributed by atoms with van der Waals surface area (Å²) in [6.45, 7) is 6.75. The Morgan fingerprint density at radius 3 is 2.78 bits per heavy atom. The highest BCUT2D eigenvalue weighted by molar-refractivity contribution is 6.30. The number of nitriles is 1. The molecule has 0 radical (unpaired) electrons. The first-order valence-electron chi connectivity index (χ1n) is 9.13. The lowest BCUT2D eigenvalue weighted by Crippen LogP contribution is -2.48. The third-order valence-corrected chi connectivity index (χ3v) is 5.63. The lowest BCUT2D eigenvalue weighted by Gasteiger charge is -2.39. The molecule has 0 unspecified atom stereocenters. The van der Waals surface area contributed by atoms with Gasteiger partial charge in [0.25, 0.3) is 0 Å². The molecule has 2 heterocycles. The lowest BCUT2D eigenvalue weighted by atomic mass is 9.79. The minimum Gasteiger partial charge on any atom is -0.370 e. The fourth-order valence-corrected chi connectivity index (χ4v) is 3.66. The number of halogens is 1. The van der Waals surface area contributed by atoms with Crippen LogP contribution in [0.3, 0.4) is 0 Å². The van der Waals surface area contributed by atoms with Gasteiger partial charge in [0.2, 0.25) is 5.91 Å². The Kier molecular flexibility index (Phi) is 5.71. The molecule has 3 rings (SSSR count). The van der Waals surface area contributed by atoms with E-state index >= 15 is 0 Å². The van der Waals surface area contributed by atoms with Crippen molar-refractivity contribution in [2.45, 2.75) is 33.2 Å². The van der Waals surface area contributed by atoms with Crippen LogP contribution >= 0.6 is 11.6 Å². The number of carbonyl (C=O) groups is 1. The minimum atomic E-state index is -0.389. The summed E-state index contributed by atoms with van der Waals surface area (Å²) < 4.78 is 2.02. The molecule has 0 bridgehead atoms. The van der Waals surface area contributed by atoms with Crippen molar-refractivity contribution in [3.63, 3.8) is 0 Å². The summed E-state index contributed by atoms with van der Waals surface area (Å²) in [7, 11) is 0. The van der Waals surface area contributed by atoms with E-state index in [0.29, 0.717) is 17.1 Å². The number of hydrogen-bond donors (Lipinski definition) is 1. The summed E-state index contributed by atoms with van der Waals surface area (Å²) in [4.78, 5) is 19.1. The second kappa shape index (κ2) is 8.01. The van der Waals surface area contributed by atoms with Gasteiger partial charge in [0.15, 0.2) is 0 Å². The number of benzene rings is 1. The summed E-state index contributed by atoms with van der Waals surface area (Å²) >= 11 is 5.99. The van der Waals surface area contributed by atoms with Crippen LogP contribution in [0.1, 0.15) is 31.2 Å². The lowest BCUT2D eigenvalue weighted by molar-refractivity contribution is -0.131. The van der Waals surface area contributed by atoms with Crippen molar-refractivity contribution < 1.29 is 4.79 Å². The summed E-state index contributed by atoms with van der Waals surface area (Å²) in [5.41, 5.74) is 1.07. The van der Waals surface area contributed by atoms with E-state index in [2.05, 4.69) is 21.3 Å². The second-order valence-electron chi connectivity index (χ2n) is 7.24. The zero-order valence-electron chi connectivity index (χ0n) is 15.7. The molecule has 7 heteroatoms. The Morgan fingerprint density at radius 2 is 2.15 bits per heavy atom. The molecular weight excluding hydrogens is 362 g/mol. The normalized spacial score (nSPS) is 16.0. The van der Waals surface area contributed by atoms with E-state index in [1.54, 1.807) is 18.3 Å². The van der Waals surface area contributed by atoms with Gasteiger partial charge in [0.05, 0.1) is 11.3 Å². The number of aromatic nitrogens is 2. The SMILES string of the molecule is Cc1nccn1CCNC(=O)C1(C)CCN(c2ccc(Cl)cc2C#N)CC1. The maximum Gasteiger partial charge on any atom is 0.226 e. The average molecular weight is 386 g/mol. The molecule has 0 atom stereocenters. The van der Waals surface area contributed by atoms with Gasteiger partial charge in [-0.25, -0.2) is 4.98 Å². The molecule has 1 aromatic heterocycles. The third kappa shape index (κ3) is 4.25. The van der Waals surface area contributed by atoms with Crippen molar-refractivity contribution in [1.29, 1.82) is 5.26 Å². The second-order valence-corrected chi connectivity index (χ2v) is 7.68. The van der Waals surface area contributed by atoms with Gasteiger partial charge in [0.1, 0.15) is 11.9 Å². The molecule has 1 aliphatic rings. The Morgan fingerprint density at radius 1 is 1.41 bits per heavy atom. The van der Waals surface area contributed by atoms with Crippen LogP contribution in [-0.2, 0) is 11.3 Å². The van der Waals surface area contributed by atoms with E-state index in [1.165, 1.54) is 0 Å². The fraction of sp³-hybridized carbons (Fsp3) is 0.450. The number of aryl methyl sites for hydroxylation is 1. The topological polar surface area (TPSA) is 74.0 Å². The number of anilines is 1. The number of nitrogens with one attached hydrogen (secondary N) is 1. The molecule has 0 spiro atoms. The van der Waals surface area contributed by atoms with E-state index in [9.17, 15) is 10.1 Å². The molecule has 1 saturated heterocycles. The first kappa shape index (κ1) is 19.2. The number of piperidine rings is 1. The number of carbonyl (C=O) groups excluding carboxylic acids is 1. The minimum absolute atomic E-state index is 0.0940. The van der Waals surface area contributed by atoms with Crippen molar-refractivity contribution in [1.82, 2.24) is 14.9 Å². The molecular formula is C20H24ClN5O. The molecule has 142 valence electrons. The molecule has 1 aliphatic heterocycles. The summed E-state index contributed by atoms with van der Waals surface area (Å²) in [5, 5.41) is 13.0. The monoisotopic (exact) mass is 385 g/mol. The number of amides is 1. The first-order chi connectivity index (χ1) is 12.9. The van der Waals surface area contributed by atoms with E-state index in [4.69, 9.17) is 11.6 Å². The summed E-state index contributed by atoms with van der Waals surface area (Å²) in [6, 6.07) is 7.59. The molecule has 1 aromatic carbocycles. The number of hydrogen-bond acceptors (Lipinski definition) is 4. The number of rotatable bonds is 5. The quantitative estimate of drug-likeness (QED) is 0.858. The Hall–Kier alpha value is -2.52. The van der Waals surface area contributed by atoms with Gasteiger partial charge >= 0.3 is 0 Å². The van der Waals surface area contributed by atoms with Crippen LogP contribution in [-0.4, -0.2) is 35.1 Å². The van der Waals surface area contributed by atoms with Gasteiger partial charge in [-0.1, -0.05) is 18.5 Å². The van der Waals surface area contributed by atoms with Crippen LogP contribution < -0.4 is 10.2 Å². The highest BCUT2D eigenvalue weighted by Gasteiger charge is 2.37. The first-order valence-corrected chi connectivity index (χ1v) is 9.51. The molecule has 2 aromatic rings. The van der Waals surface area contributed by atoms with Gasteiger partial charge in [-0.3, -0.25) is 4.79 Å². The zero-order chi connectivity index (χ0) is 19.4. The van der Waals surface area contributed by atoms with E-state index in [0.717, 1.165) is 44.0 Å². The fourth-order valence-electron chi connectivity index (χ4n) is 3.49. The molecule has 0 saturated carbocycles. The predicted molar refractivity (Wildman–Crippen MR) is 106 cm³/mol. The largest absolute Gasteiger partial charge is 0.370 e. The average Bonchev–Trinajstić information content (AvgIpc) is 3.07. The van der Waals surface area contributed by atoms with Crippen molar-refractivity contribution in [3.05, 3.63) is 47.0 Å². The van der Waals surface area contributed by atoms with E-state index < -0.39 is 0 Å². The molecule has 1 amide bonds. The molecule has 27 heavy (non-hydrogen) atoms. The maximum atomic E-state index is 12.7. The van der Waals surface area contributed by atoms with Gasteiger partial charge in [-0.05, 0) is 38.0 Å². The van der Waals surface area contributed by atoms with Crippen molar-refractivity contribution in [3.8, 4) is 6.07 Å².